The van der Waals surface area contributed by atoms with Crippen LogP contribution in [0.25, 0.3) is 0 Å². The van der Waals surface area contributed by atoms with Gasteiger partial charge in [0.25, 0.3) is 0 Å². The van der Waals surface area contributed by atoms with Crippen LogP contribution in [0.2, 0.25) is 18.1 Å². The molecule has 0 aromatic heterocycles. The zero-order chi connectivity index (χ0) is 17.5. The van der Waals surface area contributed by atoms with Crippen molar-refractivity contribution in [2.45, 2.75) is 64.9 Å². The fraction of sp³-hybridized carbons (Fsp3) is 0.611. The molecule has 0 spiro atoms. The van der Waals surface area contributed by atoms with Crippen LogP contribution in [0.15, 0.2) is 30.3 Å². The summed E-state index contributed by atoms with van der Waals surface area (Å²) in [4.78, 5) is 11.8. The Bertz CT molecular complexity index is 483. The van der Waals surface area contributed by atoms with E-state index in [4.69, 9.17) is 9.16 Å². The number of carbonyl (C=O) groups is 1. The van der Waals surface area contributed by atoms with Gasteiger partial charge in [0.05, 0.1) is 0 Å². The normalized spacial score (nSPS) is 13.5. The van der Waals surface area contributed by atoms with E-state index in [1.165, 1.54) is 0 Å². The molecule has 0 unspecified atom stereocenters. The van der Waals surface area contributed by atoms with Crippen molar-refractivity contribution in [1.29, 1.82) is 0 Å². The van der Waals surface area contributed by atoms with Crippen LogP contribution in [0, 0.1) is 0 Å². The molecular weight excluding hydrogens is 306 g/mol. The summed E-state index contributed by atoms with van der Waals surface area (Å²) in [7, 11) is -1.71. The van der Waals surface area contributed by atoms with E-state index in [0.29, 0.717) is 13.2 Å². The molecule has 1 amide bonds. The second kappa shape index (κ2) is 8.50. The van der Waals surface area contributed by atoms with Gasteiger partial charge >= 0.3 is 6.09 Å². The van der Waals surface area contributed by atoms with Gasteiger partial charge in [-0.15, -0.1) is 0 Å². The largest absolute Gasteiger partial charge is 0.445 e. The van der Waals surface area contributed by atoms with Crippen molar-refractivity contribution in [3.05, 3.63) is 35.9 Å². The van der Waals surface area contributed by atoms with Gasteiger partial charge in [0.2, 0.25) is 0 Å². The fourth-order valence-corrected chi connectivity index (χ4v) is 2.81. The van der Waals surface area contributed by atoms with Gasteiger partial charge in [0, 0.05) is 12.6 Å². The minimum atomic E-state index is -1.71. The maximum atomic E-state index is 11.8. The summed E-state index contributed by atoms with van der Waals surface area (Å²) < 4.78 is 11.3. The molecule has 0 radical (unpaired) electrons. The standard InChI is InChI=1S/C18H31NO3Si/c1-15(12-13-22-23(5,6)18(2,3)4)19-17(20)21-14-16-10-8-7-9-11-16/h7-11,15H,12-14H2,1-6H3,(H,19,20)/t15-/m0/s1. The molecule has 4 nitrogen and oxygen atoms in total. The lowest BCUT2D eigenvalue weighted by Gasteiger charge is -2.36. The van der Waals surface area contributed by atoms with Gasteiger partial charge in [-0.25, -0.2) is 4.79 Å². The monoisotopic (exact) mass is 337 g/mol. The van der Waals surface area contributed by atoms with Crippen molar-refractivity contribution in [2.75, 3.05) is 6.61 Å². The van der Waals surface area contributed by atoms with Gasteiger partial charge in [0.15, 0.2) is 8.32 Å². The van der Waals surface area contributed by atoms with E-state index in [-0.39, 0.29) is 17.2 Å². The van der Waals surface area contributed by atoms with Gasteiger partial charge in [-0.05, 0) is 37.0 Å². The van der Waals surface area contributed by atoms with Crippen molar-refractivity contribution in [1.82, 2.24) is 5.32 Å². The molecule has 0 fully saturated rings. The first-order valence-corrected chi connectivity index (χ1v) is 11.1. The van der Waals surface area contributed by atoms with E-state index in [2.05, 4.69) is 39.2 Å². The van der Waals surface area contributed by atoms with Crippen molar-refractivity contribution >= 4 is 14.4 Å². The number of benzene rings is 1. The molecule has 0 aliphatic carbocycles. The zero-order valence-corrected chi connectivity index (χ0v) is 16.3. The number of nitrogens with one attached hydrogen (secondary N) is 1. The highest BCUT2D eigenvalue weighted by Gasteiger charge is 2.36. The molecule has 0 heterocycles. The van der Waals surface area contributed by atoms with Crippen LogP contribution < -0.4 is 5.32 Å². The summed E-state index contributed by atoms with van der Waals surface area (Å²) >= 11 is 0. The molecule has 0 bridgehead atoms. The first-order valence-electron chi connectivity index (χ1n) is 8.23. The van der Waals surface area contributed by atoms with Gasteiger partial charge in [-0.1, -0.05) is 51.1 Å². The Kier molecular flexibility index (Phi) is 7.29. The summed E-state index contributed by atoms with van der Waals surface area (Å²) in [5, 5.41) is 3.06. The van der Waals surface area contributed by atoms with E-state index in [1.807, 2.05) is 37.3 Å². The molecule has 5 heteroatoms. The summed E-state index contributed by atoms with van der Waals surface area (Å²) in [6.45, 7) is 14.1. The summed E-state index contributed by atoms with van der Waals surface area (Å²) in [6, 6.07) is 9.69. The van der Waals surface area contributed by atoms with Crippen molar-refractivity contribution in [2.24, 2.45) is 0 Å². The number of carbonyl (C=O) groups excluding carboxylic acids is 1. The van der Waals surface area contributed by atoms with Gasteiger partial charge in [0.1, 0.15) is 6.61 Å². The molecule has 1 aromatic rings. The predicted molar refractivity (Wildman–Crippen MR) is 97.0 cm³/mol. The smallest absolute Gasteiger partial charge is 0.407 e. The Labute approximate surface area is 141 Å². The van der Waals surface area contributed by atoms with Crippen LogP contribution >= 0.6 is 0 Å². The SMILES string of the molecule is C[C@@H](CCO[Si](C)(C)C(C)(C)C)NC(=O)OCc1ccccc1. The maximum Gasteiger partial charge on any atom is 0.407 e. The second-order valence-corrected chi connectivity index (χ2v) is 12.3. The van der Waals surface area contributed by atoms with Gasteiger partial charge in [-0.2, -0.15) is 0 Å². The van der Waals surface area contributed by atoms with Crippen LogP contribution in [-0.2, 0) is 15.8 Å². The molecule has 1 N–H and O–H groups in total. The van der Waals surface area contributed by atoms with Crippen LogP contribution in [0.3, 0.4) is 0 Å². The van der Waals surface area contributed by atoms with Crippen LogP contribution in [0.1, 0.15) is 39.7 Å². The van der Waals surface area contributed by atoms with E-state index >= 15 is 0 Å². The lowest BCUT2D eigenvalue weighted by Crippen LogP contribution is -2.42. The molecule has 1 rings (SSSR count). The Morgan fingerprint density at radius 2 is 1.83 bits per heavy atom. The third kappa shape index (κ3) is 7.18. The number of hydrogen-bond donors (Lipinski definition) is 1. The minimum absolute atomic E-state index is 0.0306. The molecule has 1 atom stereocenters. The third-order valence-corrected chi connectivity index (χ3v) is 8.94. The topological polar surface area (TPSA) is 47.6 Å². The molecule has 1 aromatic carbocycles. The molecule has 0 saturated heterocycles. The molecule has 0 aliphatic heterocycles. The number of alkyl carbamates (subject to hydrolysis) is 1. The highest BCUT2D eigenvalue weighted by atomic mass is 28.4. The van der Waals surface area contributed by atoms with E-state index in [0.717, 1.165) is 12.0 Å². The van der Waals surface area contributed by atoms with Crippen LogP contribution in [-0.4, -0.2) is 27.1 Å². The summed E-state index contributed by atoms with van der Waals surface area (Å²) in [5.41, 5.74) is 0.983. The lowest BCUT2D eigenvalue weighted by atomic mass is 10.2. The summed E-state index contributed by atoms with van der Waals surface area (Å²) in [5.74, 6) is 0. The molecule has 0 saturated carbocycles. The van der Waals surface area contributed by atoms with Crippen molar-refractivity contribution in [3.63, 3.8) is 0 Å². The van der Waals surface area contributed by atoms with Crippen LogP contribution in [0.5, 0.6) is 0 Å². The fourth-order valence-electron chi connectivity index (χ4n) is 1.75. The highest BCUT2D eigenvalue weighted by molar-refractivity contribution is 6.74. The highest BCUT2D eigenvalue weighted by Crippen LogP contribution is 2.36. The van der Waals surface area contributed by atoms with Crippen molar-refractivity contribution < 1.29 is 14.0 Å². The quantitative estimate of drug-likeness (QED) is 0.733. The average Bonchev–Trinajstić information content (AvgIpc) is 2.45. The average molecular weight is 338 g/mol. The number of rotatable bonds is 7. The Morgan fingerprint density at radius 3 is 2.39 bits per heavy atom. The first kappa shape index (κ1) is 19.7. The lowest BCUT2D eigenvalue weighted by molar-refractivity contribution is 0.134. The molecule has 130 valence electrons. The number of amides is 1. The number of ether oxygens (including phenoxy) is 1. The zero-order valence-electron chi connectivity index (χ0n) is 15.3. The maximum absolute atomic E-state index is 11.8. The predicted octanol–water partition coefficient (Wildman–Crippen LogP) is 4.71. The minimum Gasteiger partial charge on any atom is -0.445 e. The molecular formula is C18H31NO3Si. The van der Waals surface area contributed by atoms with Gasteiger partial charge < -0.3 is 14.5 Å². The Morgan fingerprint density at radius 1 is 1.22 bits per heavy atom. The summed E-state index contributed by atoms with van der Waals surface area (Å²) in [6.07, 6.45) is 0.404. The molecule has 23 heavy (non-hydrogen) atoms. The van der Waals surface area contributed by atoms with E-state index < -0.39 is 8.32 Å². The van der Waals surface area contributed by atoms with E-state index in [1.54, 1.807) is 0 Å². The Hall–Kier alpha value is -1.33. The van der Waals surface area contributed by atoms with Crippen molar-refractivity contribution in [3.8, 4) is 0 Å². The van der Waals surface area contributed by atoms with Gasteiger partial charge in [-0.3, -0.25) is 0 Å². The third-order valence-electron chi connectivity index (χ3n) is 4.40. The second-order valence-electron chi connectivity index (χ2n) is 7.50. The first-order chi connectivity index (χ1) is 10.6. The van der Waals surface area contributed by atoms with E-state index in [9.17, 15) is 4.79 Å². The van der Waals surface area contributed by atoms with Crippen LogP contribution in [0.4, 0.5) is 4.79 Å². The number of hydrogen-bond acceptors (Lipinski definition) is 3. The molecule has 0 aliphatic rings. The Balaban J connectivity index is 2.25.